The summed E-state index contributed by atoms with van der Waals surface area (Å²) in [6.45, 7) is -0.670. The van der Waals surface area contributed by atoms with Gasteiger partial charge in [-0.15, -0.1) is 24.8 Å². The van der Waals surface area contributed by atoms with Gasteiger partial charge in [0.25, 0.3) is 0 Å². The lowest BCUT2D eigenvalue weighted by Gasteiger charge is -2.37. The maximum atomic E-state index is 14.2. The van der Waals surface area contributed by atoms with Crippen LogP contribution < -0.4 is 5.32 Å². The monoisotopic (exact) mass is 470 g/mol. The molecule has 0 aromatic heterocycles. The van der Waals surface area contributed by atoms with Crippen LogP contribution in [0.25, 0.3) is 0 Å². The van der Waals surface area contributed by atoms with Crippen LogP contribution in [0.4, 0.5) is 43.9 Å². The molecular formula is C14H14Cl2F10N2. The van der Waals surface area contributed by atoms with Crippen molar-refractivity contribution < 1.29 is 43.9 Å². The minimum Gasteiger partial charge on any atom is -0.314 e. The van der Waals surface area contributed by atoms with Gasteiger partial charge in [0.2, 0.25) is 0 Å². The Morgan fingerprint density at radius 3 is 1.71 bits per heavy atom. The van der Waals surface area contributed by atoms with Crippen LogP contribution in [0.15, 0.2) is 12.1 Å². The molecule has 164 valence electrons. The molecule has 28 heavy (non-hydrogen) atoms. The quantitative estimate of drug-likeness (QED) is 0.596. The van der Waals surface area contributed by atoms with E-state index in [0.29, 0.717) is 4.90 Å². The summed E-state index contributed by atoms with van der Waals surface area (Å²) in [5, 5.41) is 2.69. The second-order valence-electron chi connectivity index (χ2n) is 5.64. The van der Waals surface area contributed by atoms with Crippen LogP contribution in [0, 0.1) is 5.82 Å². The number of nitrogens with zero attached hydrogens (tertiary/aromatic N) is 1. The highest BCUT2D eigenvalue weighted by Gasteiger charge is 2.51. The lowest BCUT2D eigenvalue weighted by Crippen LogP contribution is -2.49. The summed E-state index contributed by atoms with van der Waals surface area (Å²) in [5.74, 6) is -2.20. The van der Waals surface area contributed by atoms with Gasteiger partial charge in [-0.1, -0.05) is 0 Å². The van der Waals surface area contributed by atoms with Gasteiger partial charge in [0.05, 0.1) is 11.1 Å². The van der Waals surface area contributed by atoms with Crippen molar-refractivity contribution in [2.75, 3.05) is 26.2 Å². The molecular weight excluding hydrogens is 457 g/mol. The first-order valence-corrected chi connectivity index (χ1v) is 7.22. The van der Waals surface area contributed by atoms with Crippen molar-refractivity contribution in [2.24, 2.45) is 0 Å². The van der Waals surface area contributed by atoms with E-state index < -0.39 is 53.1 Å². The molecule has 1 heterocycles. The molecule has 0 amide bonds. The first kappa shape index (κ1) is 27.0. The molecule has 0 bridgehead atoms. The normalized spacial score (nSPS) is 17.5. The Labute approximate surface area is 165 Å². The lowest BCUT2D eigenvalue weighted by atomic mass is 9.94. The Kier molecular flexibility index (Phi) is 8.90. The lowest BCUT2D eigenvalue weighted by molar-refractivity contribution is -0.191. The highest BCUT2D eigenvalue weighted by molar-refractivity contribution is 5.85. The fraction of sp³-hybridized carbons (Fsp3) is 0.571. The van der Waals surface area contributed by atoms with E-state index in [9.17, 15) is 43.9 Å². The molecule has 14 heteroatoms. The van der Waals surface area contributed by atoms with Gasteiger partial charge in [0.15, 0.2) is 0 Å². The Balaban J connectivity index is 0.00000364. The fourth-order valence-corrected chi connectivity index (χ4v) is 2.79. The van der Waals surface area contributed by atoms with Crippen LogP contribution >= 0.6 is 24.8 Å². The van der Waals surface area contributed by atoms with Crippen molar-refractivity contribution in [3.8, 4) is 0 Å². The summed E-state index contributed by atoms with van der Waals surface area (Å²) in [6, 6.07) is -3.84. The Hall–Kier alpha value is -0.980. The van der Waals surface area contributed by atoms with E-state index in [2.05, 4.69) is 5.32 Å². The van der Waals surface area contributed by atoms with Crippen molar-refractivity contribution in [1.82, 2.24) is 10.2 Å². The van der Waals surface area contributed by atoms with E-state index >= 15 is 0 Å². The minimum absolute atomic E-state index is 0. The SMILES string of the molecule is Cl.Cl.Fc1cc(C(F)(F)F)cc(C(F)(F)F)c1[C@@H](N1CCNCC1)C(F)(F)F. The predicted octanol–water partition coefficient (Wildman–Crippen LogP) is 5.22. The maximum Gasteiger partial charge on any atom is 0.416 e. The number of nitrogens with one attached hydrogen (secondary N) is 1. The molecule has 0 saturated carbocycles. The molecule has 1 atom stereocenters. The van der Waals surface area contributed by atoms with E-state index in [4.69, 9.17) is 0 Å². The number of alkyl halides is 9. The van der Waals surface area contributed by atoms with Crippen molar-refractivity contribution in [3.63, 3.8) is 0 Å². The molecule has 2 rings (SSSR count). The van der Waals surface area contributed by atoms with Crippen LogP contribution in [0.2, 0.25) is 0 Å². The zero-order valence-electron chi connectivity index (χ0n) is 13.6. The van der Waals surface area contributed by atoms with Gasteiger partial charge in [-0.25, -0.2) is 4.39 Å². The molecule has 1 fully saturated rings. The standard InChI is InChI=1S/C14H12F10N2.2ClH/c15-9-6-7(12(16,17)18)5-8(13(19,20)21)10(9)11(14(22,23)24)26-3-1-25-2-4-26;;/h5-6,11,25H,1-4H2;2*1H/t11-;;/m1../s1. The zero-order valence-corrected chi connectivity index (χ0v) is 15.2. The molecule has 1 saturated heterocycles. The number of hydrogen-bond donors (Lipinski definition) is 1. The van der Waals surface area contributed by atoms with Gasteiger partial charge in [-0.05, 0) is 12.1 Å². The van der Waals surface area contributed by atoms with Crippen molar-refractivity contribution >= 4 is 24.8 Å². The van der Waals surface area contributed by atoms with E-state index in [1.807, 2.05) is 0 Å². The molecule has 1 aliphatic rings. The van der Waals surface area contributed by atoms with Crippen LogP contribution in [-0.4, -0.2) is 37.3 Å². The topological polar surface area (TPSA) is 15.3 Å². The molecule has 1 aliphatic heterocycles. The van der Waals surface area contributed by atoms with Crippen molar-refractivity contribution in [3.05, 3.63) is 34.6 Å². The smallest absolute Gasteiger partial charge is 0.314 e. The number of piperazine rings is 1. The number of halogens is 12. The van der Waals surface area contributed by atoms with Crippen molar-refractivity contribution in [2.45, 2.75) is 24.6 Å². The Bertz CT molecular complexity index is 651. The Morgan fingerprint density at radius 1 is 0.821 bits per heavy atom. The average molecular weight is 471 g/mol. The van der Waals surface area contributed by atoms with E-state index in [-0.39, 0.29) is 57.1 Å². The summed E-state index contributed by atoms with van der Waals surface area (Å²) in [7, 11) is 0. The molecule has 0 spiro atoms. The first-order chi connectivity index (χ1) is 11.7. The fourth-order valence-electron chi connectivity index (χ4n) is 2.79. The third-order valence-corrected chi connectivity index (χ3v) is 3.86. The molecule has 0 radical (unpaired) electrons. The summed E-state index contributed by atoms with van der Waals surface area (Å²) >= 11 is 0. The predicted molar refractivity (Wildman–Crippen MR) is 84.1 cm³/mol. The van der Waals surface area contributed by atoms with Gasteiger partial charge in [-0.3, -0.25) is 4.90 Å². The van der Waals surface area contributed by atoms with Crippen LogP contribution in [0.3, 0.4) is 0 Å². The number of benzene rings is 1. The van der Waals surface area contributed by atoms with Gasteiger partial charge < -0.3 is 5.32 Å². The average Bonchev–Trinajstić information content (AvgIpc) is 2.46. The Morgan fingerprint density at radius 2 is 1.32 bits per heavy atom. The second-order valence-corrected chi connectivity index (χ2v) is 5.64. The summed E-state index contributed by atoms with van der Waals surface area (Å²) in [6.07, 6.45) is -16.3. The third kappa shape index (κ3) is 6.01. The van der Waals surface area contributed by atoms with E-state index in [1.165, 1.54) is 0 Å². The van der Waals surface area contributed by atoms with Crippen LogP contribution in [-0.2, 0) is 12.4 Å². The zero-order chi connectivity index (χ0) is 19.9. The second kappa shape index (κ2) is 9.23. The third-order valence-electron chi connectivity index (χ3n) is 3.86. The molecule has 0 aliphatic carbocycles. The number of rotatable bonds is 2. The molecule has 1 N–H and O–H groups in total. The summed E-state index contributed by atoms with van der Waals surface area (Å²) in [5.41, 5.74) is -6.14. The van der Waals surface area contributed by atoms with Crippen LogP contribution in [0.1, 0.15) is 22.7 Å². The number of hydrogen-bond acceptors (Lipinski definition) is 2. The summed E-state index contributed by atoms with van der Waals surface area (Å²) < 4.78 is 132. The summed E-state index contributed by atoms with van der Waals surface area (Å²) in [4.78, 5) is 0.567. The molecule has 0 unspecified atom stereocenters. The van der Waals surface area contributed by atoms with E-state index in [1.54, 1.807) is 0 Å². The van der Waals surface area contributed by atoms with Crippen molar-refractivity contribution in [1.29, 1.82) is 0 Å². The van der Waals surface area contributed by atoms with Gasteiger partial charge in [0, 0.05) is 31.7 Å². The van der Waals surface area contributed by atoms with E-state index in [0.717, 1.165) is 0 Å². The molecule has 2 nitrogen and oxygen atoms in total. The minimum atomic E-state index is -5.60. The molecule has 1 aromatic carbocycles. The van der Waals surface area contributed by atoms with Crippen LogP contribution in [0.5, 0.6) is 0 Å². The first-order valence-electron chi connectivity index (χ1n) is 7.22. The molecule has 1 aromatic rings. The largest absolute Gasteiger partial charge is 0.416 e. The van der Waals surface area contributed by atoms with Gasteiger partial charge in [-0.2, -0.15) is 39.5 Å². The highest BCUT2D eigenvalue weighted by atomic mass is 35.5. The van der Waals surface area contributed by atoms with Gasteiger partial charge >= 0.3 is 18.5 Å². The van der Waals surface area contributed by atoms with Gasteiger partial charge in [0.1, 0.15) is 11.9 Å². The highest BCUT2D eigenvalue weighted by Crippen LogP contribution is 2.46. The maximum absolute atomic E-state index is 14.2.